The summed E-state index contributed by atoms with van der Waals surface area (Å²) in [5.74, 6) is -1.27. The van der Waals surface area contributed by atoms with Crippen molar-refractivity contribution in [2.45, 2.75) is 37.9 Å². The zero-order chi connectivity index (χ0) is 25.2. The molecule has 1 atom stereocenters. The average Bonchev–Trinajstić information content (AvgIpc) is 2.73. The van der Waals surface area contributed by atoms with Crippen LogP contribution in [0.1, 0.15) is 40.7 Å². The summed E-state index contributed by atoms with van der Waals surface area (Å²) in [6, 6.07) is 15.6. The number of allylic oxidation sites excluding steroid dienone is 1. The second-order valence-corrected chi connectivity index (χ2v) is 10.4. The van der Waals surface area contributed by atoms with Gasteiger partial charge in [0.05, 0.1) is 11.6 Å². The van der Waals surface area contributed by atoms with Crippen LogP contribution in [-0.2, 0) is 0 Å². The van der Waals surface area contributed by atoms with E-state index in [1.807, 2.05) is 38.1 Å². The lowest BCUT2D eigenvalue weighted by Crippen LogP contribution is -2.25. The molecule has 0 saturated heterocycles. The monoisotopic (exact) mass is 500 g/mol. The van der Waals surface area contributed by atoms with E-state index >= 15 is 0 Å². The molecule has 0 fully saturated rings. The summed E-state index contributed by atoms with van der Waals surface area (Å²) in [6.45, 7) is 15.3. The van der Waals surface area contributed by atoms with Gasteiger partial charge in [-0.25, -0.2) is 8.78 Å². The topological polar surface area (TPSA) is 24.1 Å². The third kappa shape index (κ3) is 5.99. The Morgan fingerprint density at radius 2 is 1.53 bits per heavy atom. The van der Waals surface area contributed by atoms with Crippen molar-refractivity contribution < 1.29 is 8.78 Å². The zero-order valence-electron chi connectivity index (χ0n) is 19.7. The van der Waals surface area contributed by atoms with Gasteiger partial charge in [-0.1, -0.05) is 37.4 Å². The smallest absolute Gasteiger partial charge is 0.146 e. The highest BCUT2D eigenvalue weighted by molar-refractivity contribution is 6.48. The lowest BCUT2D eigenvalue weighted by Gasteiger charge is -2.30. The summed E-state index contributed by atoms with van der Waals surface area (Å²) in [7, 11) is 0. The molecule has 3 rings (SSSR count). The number of benzene rings is 3. The fourth-order valence-corrected chi connectivity index (χ4v) is 4.34. The first kappa shape index (κ1) is 25.8. The standard InChI is InChI=1S/C28H28Cl2F2N2/c1-16-7-12-26(25(32)13-16)34-19(4)23-15-22(11-9-17(23)2)33-20(5)27(28(6,29)30)21-10-8-18(3)24(31)14-21/h7-15,27,33-34H,4-5H2,1-3,6H3. The molecule has 0 radical (unpaired) electrons. The van der Waals surface area contributed by atoms with Gasteiger partial charge in [0, 0.05) is 22.6 Å². The van der Waals surface area contributed by atoms with Crippen LogP contribution < -0.4 is 10.6 Å². The summed E-state index contributed by atoms with van der Waals surface area (Å²) in [4.78, 5) is 0. The molecule has 0 saturated carbocycles. The van der Waals surface area contributed by atoms with E-state index in [-0.39, 0.29) is 11.6 Å². The van der Waals surface area contributed by atoms with Crippen LogP contribution in [0.2, 0.25) is 0 Å². The Kier molecular flexibility index (Phi) is 7.74. The largest absolute Gasteiger partial charge is 0.359 e. The molecule has 1 unspecified atom stereocenters. The Labute approximate surface area is 210 Å². The summed E-state index contributed by atoms with van der Waals surface area (Å²) < 4.78 is 27.3. The van der Waals surface area contributed by atoms with Crippen molar-refractivity contribution in [2.24, 2.45) is 0 Å². The quantitative estimate of drug-likeness (QED) is 0.301. The van der Waals surface area contributed by atoms with Gasteiger partial charge in [-0.15, -0.1) is 23.2 Å². The molecule has 3 aromatic rings. The van der Waals surface area contributed by atoms with E-state index in [2.05, 4.69) is 23.8 Å². The maximum Gasteiger partial charge on any atom is 0.146 e. The van der Waals surface area contributed by atoms with Crippen LogP contribution in [0, 0.1) is 32.4 Å². The minimum absolute atomic E-state index is 0.337. The highest BCUT2D eigenvalue weighted by Crippen LogP contribution is 2.42. The molecule has 0 spiro atoms. The second-order valence-electron chi connectivity index (χ2n) is 8.66. The molecule has 0 aliphatic rings. The second kappa shape index (κ2) is 10.2. The lowest BCUT2D eigenvalue weighted by molar-refractivity contribution is 0.610. The van der Waals surface area contributed by atoms with Gasteiger partial charge in [0.2, 0.25) is 0 Å². The molecule has 0 aliphatic carbocycles. The number of nitrogens with one attached hydrogen (secondary N) is 2. The SMILES string of the molecule is C=C(Nc1ccc(C)cc1F)c1cc(NC(=C)C(c2ccc(C)c(F)c2)C(C)(Cl)Cl)ccc1C. The van der Waals surface area contributed by atoms with Gasteiger partial charge in [0.25, 0.3) is 0 Å². The number of halogens is 4. The van der Waals surface area contributed by atoms with E-state index in [4.69, 9.17) is 23.2 Å². The molecule has 3 aromatic carbocycles. The minimum atomic E-state index is -1.24. The first-order chi connectivity index (χ1) is 15.9. The highest BCUT2D eigenvalue weighted by atomic mass is 35.5. The fourth-order valence-electron chi connectivity index (χ4n) is 3.82. The van der Waals surface area contributed by atoms with Crippen LogP contribution in [0.3, 0.4) is 0 Å². The van der Waals surface area contributed by atoms with Crippen LogP contribution >= 0.6 is 23.2 Å². The summed E-state index contributed by atoms with van der Waals surface area (Å²) in [5, 5.41) is 6.31. The molecule has 0 heterocycles. The lowest BCUT2D eigenvalue weighted by atomic mass is 9.91. The van der Waals surface area contributed by atoms with Gasteiger partial charge in [-0.3, -0.25) is 0 Å². The third-order valence-electron chi connectivity index (χ3n) is 5.66. The van der Waals surface area contributed by atoms with Crippen molar-refractivity contribution in [2.75, 3.05) is 10.6 Å². The van der Waals surface area contributed by atoms with Gasteiger partial charge in [0.15, 0.2) is 0 Å². The Bertz CT molecular complexity index is 1250. The molecular formula is C28H28Cl2F2N2. The van der Waals surface area contributed by atoms with Crippen LogP contribution in [0.25, 0.3) is 5.70 Å². The molecule has 0 bridgehead atoms. The van der Waals surface area contributed by atoms with E-state index < -0.39 is 10.3 Å². The number of alkyl halides is 2. The van der Waals surface area contributed by atoms with E-state index in [1.54, 1.807) is 32.0 Å². The molecule has 0 aromatic heterocycles. The Hall–Kier alpha value is -2.82. The molecule has 0 aliphatic heterocycles. The number of hydrogen-bond acceptors (Lipinski definition) is 2. The zero-order valence-corrected chi connectivity index (χ0v) is 21.2. The Balaban J connectivity index is 1.87. The van der Waals surface area contributed by atoms with E-state index in [0.29, 0.717) is 33.9 Å². The van der Waals surface area contributed by atoms with Gasteiger partial charge >= 0.3 is 0 Å². The van der Waals surface area contributed by atoms with Gasteiger partial charge < -0.3 is 10.6 Å². The van der Waals surface area contributed by atoms with Crippen molar-refractivity contribution in [3.63, 3.8) is 0 Å². The first-order valence-corrected chi connectivity index (χ1v) is 11.5. The van der Waals surface area contributed by atoms with Crippen LogP contribution in [0.15, 0.2) is 73.5 Å². The van der Waals surface area contributed by atoms with E-state index in [1.165, 1.54) is 12.1 Å². The summed E-state index contributed by atoms with van der Waals surface area (Å²) >= 11 is 13.0. The number of aryl methyl sites for hydroxylation is 3. The molecule has 6 heteroatoms. The van der Waals surface area contributed by atoms with Gasteiger partial charge in [-0.05, 0) is 80.3 Å². The van der Waals surface area contributed by atoms with Crippen molar-refractivity contribution in [1.29, 1.82) is 0 Å². The fraction of sp³-hybridized carbons (Fsp3) is 0.214. The maximum atomic E-state index is 14.3. The van der Waals surface area contributed by atoms with Crippen molar-refractivity contribution in [3.05, 3.63) is 113 Å². The number of anilines is 2. The Morgan fingerprint density at radius 3 is 2.15 bits per heavy atom. The molecule has 2 nitrogen and oxygen atoms in total. The third-order valence-corrected chi connectivity index (χ3v) is 6.10. The van der Waals surface area contributed by atoms with Crippen molar-refractivity contribution in [3.8, 4) is 0 Å². The van der Waals surface area contributed by atoms with Crippen LogP contribution in [0.4, 0.5) is 20.2 Å². The van der Waals surface area contributed by atoms with Crippen LogP contribution in [-0.4, -0.2) is 4.33 Å². The molecular weight excluding hydrogens is 473 g/mol. The Morgan fingerprint density at radius 1 is 0.853 bits per heavy atom. The summed E-state index contributed by atoms with van der Waals surface area (Å²) in [5.41, 5.74) is 5.86. The van der Waals surface area contributed by atoms with Gasteiger partial charge in [0.1, 0.15) is 16.0 Å². The van der Waals surface area contributed by atoms with Crippen molar-refractivity contribution in [1.82, 2.24) is 0 Å². The number of rotatable bonds is 8. The maximum absolute atomic E-state index is 14.3. The van der Waals surface area contributed by atoms with Gasteiger partial charge in [-0.2, -0.15) is 0 Å². The summed E-state index contributed by atoms with van der Waals surface area (Å²) in [6.07, 6.45) is 0. The van der Waals surface area contributed by atoms with E-state index in [9.17, 15) is 8.78 Å². The minimum Gasteiger partial charge on any atom is -0.359 e. The predicted molar refractivity (Wildman–Crippen MR) is 142 cm³/mol. The molecule has 178 valence electrons. The van der Waals surface area contributed by atoms with Crippen molar-refractivity contribution >= 4 is 40.3 Å². The first-order valence-electron chi connectivity index (χ1n) is 10.8. The normalized spacial score (nSPS) is 12.2. The molecule has 2 N–H and O–H groups in total. The molecule has 34 heavy (non-hydrogen) atoms. The predicted octanol–water partition coefficient (Wildman–Crippen LogP) is 8.88. The number of hydrogen-bond donors (Lipinski definition) is 2. The van der Waals surface area contributed by atoms with Crippen LogP contribution in [0.5, 0.6) is 0 Å². The van der Waals surface area contributed by atoms with E-state index in [0.717, 1.165) is 16.7 Å². The average molecular weight is 501 g/mol. The molecule has 0 amide bonds. The highest BCUT2D eigenvalue weighted by Gasteiger charge is 2.34.